The molecule has 2 aliphatic rings. The summed E-state index contributed by atoms with van der Waals surface area (Å²) in [5, 5.41) is 2.66. The molecule has 10 rings (SSSR count). The molecule has 0 unspecified atom stereocenters. The molecule has 3 heterocycles. The summed E-state index contributed by atoms with van der Waals surface area (Å²) < 4.78 is 2.68. The van der Waals surface area contributed by atoms with E-state index in [9.17, 15) is 0 Å². The monoisotopic (exact) mass is 826 g/mol. The maximum absolute atomic E-state index is 2.58. The Bertz CT molecular complexity index is 3050. The minimum absolute atomic E-state index is 0.00782. The van der Waals surface area contributed by atoms with Gasteiger partial charge in [-0.15, -0.1) is 11.3 Å². The van der Waals surface area contributed by atoms with Gasteiger partial charge in [0.1, 0.15) is 0 Å². The molecule has 0 spiro atoms. The van der Waals surface area contributed by atoms with Crippen molar-refractivity contribution in [1.82, 2.24) is 0 Å². The Kier molecular flexibility index (Phi) is 9.12. The zero-order valence-corrected chi connectivity index (χ0v) is 39.5. The zero-order valence-electron chi connectivity index (χ0n) is 38.7. The predicted molar refractivity (Wildman–Crippen MR) is 274 cm³/mol. The van der Waals surface area contributed by atoms with E-state index in [1.54, 1.807) is 0 Å². The highest BCUT2D eigenvalue weighted by molar-refractivity contribution is 7.26. The van der Waals surface area contributed by atoms with Crippen LogP contribution in [0.5, 0.6) is 0 Å². The van der Waals surface area contributed by atoms with Gasteiger partial charge >= 0.3 is 0 Å². The van der Waals surface area contributed by atoms with Gasteiger partial charge in [0.2, 0.25) is 0 Å². The first-order valence-corrected chi connectivity index (χ1v) is 23.3. The van der Waals surface area contributed by atoms with E-state index >= 15 is 0 Å². The number of hydrogen-bond donors (Lipinski definition) is 0. The lowest BCUT2D eigenvalue weighted by molar-refractivity contribution is 0.589. The Hall–Kier alpha value is -5.58. The number of fused-ring (bicyclic) bond motifs is 7. The van der Waals surface area contributed by atoms with Crippen molar-refractivity contribution in [3.8, 4) is 11.1 Å². The SMILES string of the molecule is CC(C)(C)c1ccc(N2c3ccc(C(C)(C)C)cc3B3c4cc(C(C)(C)C)ccc4N(c4ccc(-c5cccc6c5sc5ccccc56)cc4)c4cc(C(C)(C)C)cc2c43)cc1. The maximum Gasteiger partial charge on any atom is 0.252 e. The van der Waals surface area contributed by atoms with Crippen LogP contribution in [0.4, 0.5) is 34.1 Å². The molecule has 1 aromatic heterocycles. The van der Waals surface area contributed by atoms with Crippen LogP contribution in [-0.2, 0) is 21.7 Å². The van der Waals surface area contributed by atoms with E-state index in [1.165, 1.54) is 104 Å². The normalized spacial score (nSPS) is 14.0. The highest BCUT2D eigenvalue weighted by Gasteiger charge is 2.45. The van der Waals surface area contributed by atoms with Crippen LogP contribution in [0.3, 0.4) is 0 Å². The summed E-state index contributed by atoms with van der Waals surface area (Å²) >= 11 is 1.90. The molecule has 7 aromatic carbocycles. The van der Waals surface area contributed by atoms with Gasteiger partial charge in [-0.1, -0.05) is 168 Å². The Labute approximate surface area is 374 Å². The van der Waals surface area contributed by atoms with E-state index in [-0.39, 0.29) is 28.4 Å². The maximum atomic E-state index is 2.58. The van der Waals surface area contributed by atoms with Crippen LogP contribution in [0.2, 0.25) is 0 Å². The van der Waals surface area contributed by atoms with Gasteiger partial charge in [-0.3, -0.25) is 0 Å². The van der Waals surface area contributed by atoms with E-state index in [0.29, 0.717) is 0 Å². The number of benzene rings is 7. The van der Waals surface area contributed by atoms with Gasteiger partial charge in [-0.05, 0) is 126 Å². The van der Waals surface area contributed by atoms with Crippen molar-refractivity contribution in [3.63, 3.8) is 0 Å². The number of nitrogens with zero attached hydrogens (tertiary/aromatic N) is 2. The Morgan fingerprint density at radius 2 is 0.871 bits per heavy atom. The third kappa shape index (κ3) is 6.60. The number of rotatable bonds is 3. The second-order valence-corrected chi connectivity index (χ2v) is 23.0. The minimum atomic E-state index is -0.0893. The van der Waals surface area contributed by atoms with Crippen LogP contribution >= 0.6 is 11.3 Å². The van der Waals surface area contributed by atoms with E-state index < -0.39 is 0 Å². The quantitative estimate of drug-likeness (QED) is 0.164. The Morgan fingerprint density at radius 3 is 1.39 bits per heavy atom. The lowest BCUT2D eigenvalue weighted by Crippen LogP contribution is -2.61. The van der Waals surface area contributed by atoms with Crippen LogP contribution in [0.15, 0.2) is 140 Å². The number of thiophene rings is 1. The van der Waals surface area contributed by atoms with Crippen LogP contribution in [-0.4, -0.2) is 6.71 Å². The summed E-state index contributed by atoms with van der Waals surface area (Å²) in [4.78, 5) is 5.15. The van der Waals surface area contributed by atoms with Crippen LogP contribution in [0, 0.1) is 0 Å². The average Bonchev–Trinajstić information content (AvgIpc) is 3.61. The van der Waals surface area contributed by atoms with Gasteiger partial charge in [-0.2, -0.15) is 0 Å². The molecule has 0 radical (unpaired) electrons. The topological polar surface area (TPSA) is 6.48 Å². The second kappa shape index (κ2) is 14.0. The molecule has 8 aromatic rings. The molecule has 2 aliphatic heterocycles. The molecule has 0 aliphatic carbocycles. The van der Waals surface area contributed by atoms with Gasteiger partial charge in [0.25, 0.3) is 6.71 Å². The molecule has 4 heteroatoms. The summed E-state index contributed by atoms with van der Waals surface area (Å²) in [6.07, 6.45) is 0. The predicted octanol–water partition coefficient (Wildman–Crippen LogP) is 15.0. The third-order valence-corrected chi connectivity index (χ3v) is 14.7. The summed E-state index contributed by atoms with van der Waals surface area (Å²) in [5.41, 5.74) is 19.4. The fraction of sp³-hybridized carbons (Fsp3) is 0.276. The standard InChI is InChI=1S/C58H59BN2S/c1-55(2,3)37-22-28-42(29-23-37)61-49-31-25-39(57(7,8)9)33-47(49)59-46-32-38(56(4,5)6)24-30-48(46)60(50-34-40(58(10,11)12)35-51(61)53(50)59)41-26-20-36(21-27-41)43-17-15-18-45-44-16-13-14-19-52(44)62-54(43)45/h13-35H,1-12H3. The lowest BCUT2D eigenvalue weighted by atomic mass is 9.33. The van der Waals surface area contributed by atoms with Crippen molar-refractivity contribution >= 4 is 88.7 Å². The Morgan fingerprint density at radius 1 is 0.403 bits per heavy atom. The van der Waals surface area contributed by atoms with Gasteiger partial charge in [0.05, 0.1) is 0 Å². The van der Waals surface area contributed by atoms with Gasteiger partial charge in [-0.25, -0.2) is 0 Å². The van der Waals surface area contributed by atoms with Crippen molar-refractivity contribution in [3.05, 3.63) is 162 Å². The highest BCUT2D eigenvalue weighted by Crippen LogP contribution is 2.48. The fourth-order valence-electron chi connectivity index (χ4n) is 9.80. The third-order valence-electron chi connectivity index (χ3n) is 13.5. The molecular formula is C58H59BN2S. The van der Waals surface area contributed by atoms with Gasteiger partial charge in [0.15, 0.2) is 0 Å². The fourth-order valence-corrected chi connectivity index (χ4v) is 11.0. The van der Waals surface area contributed by atoms with E-state index in [4.69, 9.17) is 0 Å². The molecule has 0 fully saturated rings. The minimum Gasteiger partial charge on any atom is -0.311 e. The van der Waals surface area contributed by atoms with Gasteiger partial charge < -0.3 is 9.80 Å². The molecule has 0 N–H and O–H groups in total. The van der Waals surface area contributed by atoms with Crippen LogP contribution in [0.1, 0.15) is 105 Å². The van der Waals surface area contributed by atoms with Crippen molar-refractivity contribution in [2.75, 3.05) is 9.80 Å². The average molecular weight is 827 g/mol. The summed E-state index contributed by atoms with van der Waals surface area (Å²) in [7, 11) is 0. The van der Waals surface area contributed by atoms with Crippen molar-refractivity contribution in [1.29, 1.82) is 0 Å². The van der Waals surface area contributed by atoms with Crippen LogP contribution < -0.4 is 26.2 Å². The van der Waals surface area contributed by atoms with E-state index in [1.807, 2.05) is 11.3 Å². The highest BCUT2D eigenvalue weighted by atomic mass is 32.1. The molecule has 0 bridgehead atoms. The van der Waals surface area contributed by atoms with E-state index in [0.717, 1.165) is 0 Å². The first-order chi connectivity index (χ1) is 29.3. The Balaban J connectivity index is 1.24. The summed E-state index contributed by atoms with van der Waals surface area (Å²) in [6, 6.07) is 54.0. The molecule has 0 amide bonds. The largest absolute Gasteiger partial charge is 0.311 e. The molecule has 2 nitrogen and oxygen atoms in total. The van der Waals surface area contributed by atoms with E-state index in [2.05, 4.69) is 232 Å². The molecule has 0 atom stereocenters. The first kappa shape index (κ1) is 40.5. The summed E-state index contributed by atoms with van der Waals surface area (Å²) in [5.74, 6) is 0. The van der Waals surface area contributed by atoms with Crippen molar-refractivity contribution in [2.24, 2.45) is 0 Å². The summed E-state index contributed by atoms with van der Waals surface area (Å²) in [6.45, 7) is 28.1. The number of hydrogen-bond acceptors (Lipinski definition) is 3. The molecule has 0 saturated heterocycles. The van der Waals surface area contributed by atoms with Crippen molar-refractivity contribution < 1.29 is 0 Å². The molecule has 310 valence electrons. The molecular weight excluding hydrogens is 768 g/mol. The smallest absolute Gasteiger partial charge is 0.252 e. The lowest BCUT2D eigenvalue weighted by Gasteiger charge is -2.45. The molecule has 0 saturated carbocycles. The zero-order chi connectivity index (χ0) is 43.7. The van der Waals surface area contributed by atoms with Crippen LogP contribution in [0.25, 0.3) is 31.3 Å². The van der Waals surface area contributed by atoms with Crippen molar-refractivity contribution in [2.45, 2.75) is 105 Å². The second-order valence-electron chi connectivity index (χ2n) is 22.0. The first-order valence-electron chi connectivity index (χ1n) is 22.5. The number of anilines is 6. The molecule has 62 heavy (non-hydrogen) atoms. The van der Waals surface area contributed by atoms with Gasteiger partial charge in [0, 0.05) is 54.3 Å².